The molecule has 0 N–H and O–H groups in total. The van der Waals surface area contributed by atoms with Crippen molar-refractivity contribution in [2.24, 2.45) is 11.8 Å². The predicted molar refractivity (Wildman–Crippen MR) is 207 cm³/mol. The molecule has 0 spiro atoms. The Hall–Kier alpha value is -1.51. The van der Waals surface area contributed by atoms with Crippen LogP contribution in [-0.4, -0.2) is 110 Å². The van der Waals surface area contributed by atoms with Gasteiger partial charge in [-0.1, -0.05) is 27.7 Å². The second-order valence-electron chi connectivity index (χ2n) is 19.3. The molecule has 278 valence electrons. The highest BCUT2D eigenvalue weighted by Gasteiger charge is 2.49. The number of likely N-dealkylation sites (tertiary alicyclic amines) is 3. The van der Waals surface area contributed by atoms with Crippen molar-refractivity contribution in [1.82, 2.24) is 29.7 Å². The normalized spacial score (nSPS) is 32.8. The Morgan fingerprint density at radius 3 is 1.25 bits per heavy atom. The van der Waals surface area contributed by atoms with E-state index in [1.165, 1.54) is 19.3 Å². The van der Waals surface area contributed by atoms with Crippen LogP contribution in [0.5, 0.6) is 0 Å². The zero-order chi connectivity index (χ0) is 37.0. The number of piperidine rings is 3. The van der Waals surface area contributed by atoms with Gasteiger partial charge in [0.2, 0.25) is 11.9 Å². The van der Waals surface area contributed by atoms with Gasteiger partial charge in [-0.3, -0.25) is 14.7 Å². The molecule has 4 atom stereocenters. The summed E-state index contributed by atoms with van der Waals surface area (Å²) >= 11 is 0. The molecule has 4 rings (SSSR count). The summed E-state index contributed by atoms with van der Waals surface area (Å²) in [5.74, 6) is 4.00. The Labute approximate surface area is 297 Å². The van der Waals surface area contributed by atoms with Crippen molar-refractivity contribution in [2.75, 3.05) is 45.0 Å². The van der Waals surface area contributed by atoms with Crippen molar-refractivity contribution < 1.29 is 0 Å². The van der Waals surface area contributed by atoms with Gasteiger partial charge in [-0.2, -0.15) is 15.0 Å². The molecular formula is C40H78N8. The van der Waals surface area contributed by atoms with Crippen molar-refractivity contribution in [2.45, 2.75) is 194 Å². The van der Waals surface area contributed by atoms with Crippen LogP contribution in [0.2, 0.25) is 0 Å². The zero-order valence-electron chi connectivity index (χ0n) is 35.3. The zero-order valence-corrected chi connectivity index (χ0v) is 35.3. The summed E-state index contributed by atoms with van der Waals surface area (Å²) in [5.41, 5.74) is 1.25. The van der Waals surface area contributed by atoms with Crippen LogP contribution in [0.25, 0.3) is 0 Å². The van der Waals surface area contributed by atoms with Crippen molar-refractivity contribution in [1.29, 1.82) is 0 Å². The summed E-state index contributed by atoms with van der Waals surface area (Å²) in [4.78, 5) is 26.9. The van der Waals surface area contributed by atoms with E-state index in [4.69, 9.17) is 15.0 Å². The van der Waals surface area contributed by atoms with Gasteiger partial charge in [-0.15, -0.1) is 0 Å². The van der Waals surface area contributed by atoms with Gasteiger partial charge >= 0.3 is 0 Å². The molecule has 0 aliphatic carbocycles. The van der Waals surface area contributed by atoms with Crippen molar-refractivity contribution in [3.63, 3.8) is 0 Å². The molecule has 4 heterocycles. The molecule has 0 aromatic carbocycles. The summed E-state index contributed by atoms with van der Waals surface area (Å²) in [7, 11) is 11.1. The minimum atomic E-state index is 0.119. The average molecular weight is 671 g/mol. The first-order chi connectivity index (χ1) is 21.7. The number of hydrogen-bond acceptors (Lipinski definition) is 8. The number of aryl methyl sites for hydroxylation is 1. The Bertz CT molecular complexity index is 1140. The Balaban J connectivity index is 0.000000348. The minimum absolute atomic E-state index is 0.119. The van der Waals surface area contributed by atoms with Gasteiger partial charge in [0.25, 0.3) is 0 Å². The minimum Gasteiger partial charge on any atom is -0.341 e. The van der Waals surface area contributed by atoms with Crippen LogP contribution >= 0.6 is 0 Å². The monoisotopic (exact) mass is 671 g/mol. The molecule has 0 amide bonds. The second kappa shape index (κ2) is 13.9. The van der Waals surface area contributed by atoms with E-state index in [0.717, 1.165) is 55.2 Å². The van der Waals surface area contributed by atoms with Crippen LogP contribution < -0.4 is 9.80 Å². The van der Waals surface area contributed by atoms with Gasteiger partial charge in [0.1, 0.15) is 5.82 Å². The molecule has 1 aromatic heterocycles. The Morgan fingerprint density at radius 2 is 0.938 bits per heavy atom. The molecule has 4 unspecified atom stereocenters. The van der Waals surface area contributed by atoms with E-state index in [0.29, 0.717) is 23.2 Å². The first kappa shape index (κ1) is 40.9. The van der Waals surface area contributed by atoms with Gasteiger partial charge in [0.05, 0.1) is 0 Å². The first-order valence-electron chi connectivity index (χ1n) is 19.1. The van der Waals surface area contributed by atoms with Crippen LogP contribution in [0.4, 0.5) is 11.9 Å². The maximum Gasteiger partial charge on any atom is 0.230 e. The fourth-order valence-electron chi connectivity index (χ4n) is 9.76. The van der Waals surface area contributed by atoms with Crippen LogP contribution in [0.1, 0.15) is 148 Å². The second-order valence-corrected chi connectivity index (χ2v) is 19.3. The van der Waals surface area contributed by atoms with Crippen LogP contribution in [-0.2, 0) is 0 Å². The highest BCUT2D eigenvalue weighted by molar-refractivity contribution is 5.40. The number of rotatable bonds is 6. The maximum atomic E-state index is 5.02. The smallest absolute Gasteiger partial charge is 0.230 e. The highest BCUT2D eigenvalue weighted by Crippen LogP contribution is 2.47. The van der Waals surface area contributed by atoms with E-state index in [1.807, 2.05) is 6.92 Å². The lowest BCUT2D eigenvalue weighted by Gasteiger charge is -2.59. The van der Waals surface area contributed by atoms with Gasteiger partial charge in [0.15, 0.2) is 0 Å². The van der Waals surface area contributed by atoms with Gasteiger partial charge in [-0.25, -0.2) is 0 Å². The van der Waals surface area contributed by atoms with Crippen LogP contribution in [0.15, 0.2) is 0 Å². The quantitative estimate of drug-likeness (QED) is 0.300. The molecule has 48 heavy (non-hydrogen) atoms. The summed E-state index contributed by atoms with van der Waals surface area (Å²) in [6, 6.07) is 0.764. The standard InChI is InChI=1S/C26H49N7.C14H29N/c1-18-27-21(30(10)19-14-23(2,3)32(12)24(4,5)15-19)29-22(28-18)31(11)20-16-25(6,7)33(13)26(8,9)17-20;1-8-13(5)10-11(3)12(4)14(6,9-2)15(13)7/h19-20H,14-17H2,1-13H3;11-12H,8-10H2,1-7H3. The summed E-state index contributed by atoms with van der Waals surface area (Å²) < 4.78 is 0. The van der Waals surface area contributed by atoms with Gasteiger partial charge in [-0.05, 0) is 154 Å². The maximum absolute atomic E-state index is 5.02. The fraction of sp³-hybridized carbons (Fsp3) is 0.925. The first-order valence-corrected chi connectivity index (χ1v) is 19.1. The highest BCUT2D eigenvalue weighted by atomic mass is 15.4. The number of nitrogens with zero attached hydrogens (tertiary/aromatic N) is 8. The van der Waals surface area contributed by atoms with Crippen LogP contribution in [0.3, 0.4) is 0 Å². The molecule has 1 aromatic rings. The molecule has 3 saturated heterocycles. The molecule has 8 heteroatoms. The lowest BCUT2D eigenvalue weighted by atomic mass is 9.65. The van der Waals surface area contributed by atoms with E-state index in [1.54, 1.807) is 0 Å². The molecule has 8 nitrogen and oxygen atoms in total. The summed E-state index contributed by atoms with van der Waals surface area (Å²) in [5, 5.41) is 0. The Morgan fingerprint density at radius 1 is 0.583 bits per heavy atom. The van der Waals surface area contributed by atoms with E-state index in [9.17, 15) is 0 Å². The SMILES string of the molecule is CCC1(C)CC(C)C(C)C(C)(CC)N1C.Cc1nc(N(C)C2CC(C)(C)N(C)C(C)(C)C2)nc(N(C)C2CC(C)(C)N(C)C(C)(C)C2)n1. The summed E-state index contributed by atoms with van der Waals surface area (Å²) in [6.07, 6.45) is 8.18. The van der Waals surface area contributed by atoms with Crippen molar-refractivity contribution >= 4 is 11.9 Å². The van der Waals surface area contributed by atoms with Gasteiger partial charge < -0.3 is 9.80 Å². The van der Waals surface area contributed by atoms with E-state index < -0.39 is 0 Å². The fourth-order valence-corrected chi connectivity index (χ4v) is 9.76. The third kappa shape index (κ3) is 7.86. The van der Waals surface area contributed by atoms with Crippen molar-refractivity contribution in [3.05, 3.63) is 5.82 Å². The molecular weight excluding hydrogens is 592 g/mol. The average Bonchev–Trinajstić information content (AvgIpc) is 2.99. The van der Waals surface area contributed by atoms with E-state index in [2.05, 4.69) is 157 Å². The van der Waals surface area contributed by atoms with E-state index in [-0.39, 0.29) is 22.2 Å². The molecule has 3 aliphatic rings. The predicted octanol–water partition coefficient (Wildman–Crippen LogP) is 8.29. The molecule has 0 saturated carbocycles. The molecule has 3 aliphatic heterocycles. The third-order valence-electron chi connectivity index (χ3n) is 14.7. The number of hydrogen-bond donors (Lipinski definition) is 0. The third-order valence-corrected chi connectivity index (χ3v) is 14.7. The molecule has 3 fully saturated rings. The lowest BCUT2D eigenvalue weighted by Crippen LogP contribution is -2.64. The van der Waals surface area contributed by atoms with Crippen LogP contribution in [0, 0.1) is 18.8 Å². The lowest BCUT2D eigenvalue weighted by molar-refractivity contribution is -0.0881. The molecule has 0 bridgehead atoms. The number of aromatic nitrogens is 3. The molecule has 0 radical (unpaired) electrons. The summed E-state index contributed by atoms with van der Waals surface area (Å²) in [6.45, 7) is 35.1. The van der Waals surface area contributed by atoms with E-state index >= 15 is 0 Å². The Kier molecular flexibility index (Phi) is 11.8. The number of anilines is 2. The van der Waals surface area contributed by atoms with Gasteiger partial charge in [0, 0.05) is 59.4 Å². The van der Waals surface area contributed by atoms with Crippen molar-refractivity contribution in [3.8, 4) is 0 Å². The topological polar surface area (TPSA) is 54.9 Å². The largest absolute Gasteiger partial charge is 0.341 e.